The highest BCUT2D eigenvalue weighted by molar-refractivity contribution is 5.89. The number of nitrogens with one attached hydrogen (secondary N) is 2. The lowest BCUT2D eigenvalue weighted by Crippen LogP contribution is -2.49. The molecule has 3 aromatic carbocycles. The lowest BCUT2D eigenvalue weighted by atomic mass is 9.94. The van der Waals surface area contributed by atoms with Crippen LogP contribution in [0.1, 0.15) is 36.0 Å². The molecule has 0 radical (unpaired) electrons. The third kappa shape index (κ3) is 11.0. The van der Waals surface area contributed by atoms with Gasteiger partial charge in [-0.2, -0.15) is 0 Å². The van der Waals surface area contributed by atoms with Gasteiger partial charge in [0, 0.05) is 6.42 Å². The Labute approximate surface area is 263 Å². The van der Waals surface area contributed by atoms with Crippen molar-refractivity contribution in [1.29, 1.82) is 0 Å². The Morgan fingerprint density at radius 3 is 2.04 bits per heavy atom. The van der Waals surface area contributed by atoms with E-state index in [-0.39, 0.29) is 26.1 Å². The third-order valence-corrected chi connectivity index (χ3v) is 7.60. The molecule has 2 amide bonds. The zero-order chi connectivity index (χ0) is 31.9. The van der Waals surface area contributed by atoms with Crippen LogP contribution < -0.4 is 10.6 Å². The monoisotopic (exact) mass is 612 g/mol. The topological polar surface area (TPSA) is 131 Å². The molecule has 0 aliphatic carbocycles. The summed E-state index contributed by atoms with van der Waals surface area (Å²) in [6.45, 7) is -0.689. The Balaban J connectivity index is 1.48. The van der Waals surface area contributed by atoms with Gasteiger partial charge in [-0.1, -0.05) is 103 Å². The number of aliphatic hydroxyl groups excluding tert-OH is 1. The van der Waals surface area contributed by atoms with Crippen LogP contribution in [0.25, 0.3) is 0 Å². The molecule has 0 spiro atoms. The molecule has 236 valence electrons. The molecule has 4 rings (SSSR count). The van der Waals surface area contributed by atoms with E-state index in [0.717, 1.165) is 16.7 Å². The van der Waals surface area contributed by atoms with Crippen LogP contribution in [-0.2, 0) is 48.1 Å². The molecule has 3 N–H and O–H groups in total. The van der Waals surface area contributed by atoms with Crippen LogP contribution in [0.5, 0.6) is 0 Å². The van der Waals surface area contributed by atoms with E-state index in [2.05, 4.69) is 10.6 Å². The number of allylic oxidation sites excluding steroid dienone is 2. The molecule has 0 unspecified atom stereocenters. The van der Waals surface area contributed by atoms with Gasteiger partial charge in [-0.15, -0.1) is 0 Å². The van der Waals surface area contributed by atoms with Gasteiger partial charge in [-0.05, 0) is 42.4 Å². The van der Waals surface area contributed by atoms with Crippen molar-refractivity contribution in [1.82, 2.24) is 10.6 Å². The molecule has 0 saturated heterocycles. The summed E-state index contributed by atoms with van der Waals surface area (Å²) in [6, 6.07) is 26.4. The lowest BCUT2D eigenvalue weighted by Gasteiger charge is -2.24. The first-order valence-corrected chi connectivity index (χ1v) is 15.2. The molecule has 45 heavy (non-hydrogen) atoms. The van der Waals surface area contributed by atoms with Gasteiger partial charge in [0.2, 0.25) is 11.8 Å². The average molecular weight is 613 g/mol. The summed E-state index contributed by atoms with van der Waals surface area (Å²) in [5.41, 5.74) is 2.69. The number of amides is 2. The predicted molar refractivity (Wildman–Crippen MR) is 168 cm³/mol. The number of carbonyl (C=O) groups is 4. The van der Waals surface area contributed by atoms with E-state index >= 15 is 0 Å². The number of ether oxygens (including phenoxy) is 2. The van der Waals surface area contributed by atoms with E-state index in [0.29, 0.717) is 19.3 Å². The minimum absolute atomic E-state index is 0.0187. The summed E-state index contributed by atoms with van der Waals surface area (Å²) in [5.74, 6) is -3.50. The lowest BCUT2D eigenvalue weighted by molar-refractivity contribution is -0.157. The Bertz CT molecular complexity index is 1410. The number of benzene rings is 3. The summed E-state index contributed by atoms with van der Waals surface area (Å²) in [4.78, 5) is 52.8. The number of hydrogen-bond acceptors (Lipinski definition) is 7. The number of cyclic esters (lactones) is 1. The van der Waals surface area contributed by atoms with Crippen LogP contribution in [0.4, 0.5) is 0 Å². The van der Waals surface area contributed by atoms with Crippen LogP contribution in [0.15, 0.2) is 103 Å². The molecule has 9 heteroatoms. The Morgan fingerprint density at radius 2 is 1.42 bits per heavy atom. The number of carbonyl (C=O) groups excluding carboxylic acids is 4. The maximum atomic E-state index is 13.5. The van der Waals surface area contributed by atoms with E-state index in [4.69, 9.17) is 9.47 Å². The summed E-state index contributed by atoms with van der Waals surface area (Å²) < 4.78 is 11.1. The molecule has 0 saturated carbocycles. The highest BCUT2D eigenvalue weighted by atomic mass is 16.6. The number of aliphatic hydroxyl groups is 1. The molecule has 9 nitrogen and oxygen atoms in total. The Hall–Kier alpha value is -4.76. The summed E-state index contributed by atoms with van der Waals surface area (Å²) in [6.07, 6.45) is 4.88. The van der Waals surface area contributed by atoms with E-state index in [1.54, 1.807) is 18.2 Å². The van der Waals surface area contributed by atoms with Crippen LogP contribution in [-0.4, -0.2) is 54.2 Å². The van der Waals surface area contributed by atoms with Gasteiger partial charge in [0.1, 0.15) is 13.2 Å². The fraction of sp³-hybridized carbons (Fsp3) is 0.333. The highest BCUT2D eigenvalue weighted by Crippen LogP contribution is 2.19. The largest absolute Gasteiger partial charge is 0.463 e. The van der Waals surface area contributed by atoms with Crippen LogP contribution in [0.2, 0.25) is 0 Å². The van der Waals surface area contributed by atoms with E-state index in [9.17, 15) is 24.3 Å². The summed E-state index contributed by atoms with van der Waals surface area (Å²) in [7, 11) is 0. The summed E-state index contributed by atoms with van der Waals surface area (Å²) >= 11 is 0. The molecule has 0 fully saturated rings. The molecule has 1 aliphatic heterocycles. The first-order valence-electron chi connectivity index (χ1n) is 15.2. The molecule has 1 aliphatic rings. The predicted octanol–water partition coefficient (Wildman–Crippen LogP) is 3.69. The van der Waals surface area contributed by atoms with Gasteiger partial charge >= 0.3 is 11.9 Å². The third-order valence-electron chi connectivity index (χ3n) is 7.60. The first-order chi connectivity index (χ1) is 21.9. The fourth-order valence-electron chi connectivity index (χ4n) is 5.11. The second-order valence-electron chi connectivity index (χ2n) is 11.2. The molecule has 4 atom stereocenters. The van der Waals surface area contributed by atoms with Crippen molar-refractivity contribution >= 4 is 23.8 Å². The molecule has 0 bridgehead atoms. The van der Waals surface area contributed by atoms with Gasteiger partial charge in [-0.25, -0.2) is 4.79 Å². The highest BCUT2D eigenvalue weighted by Gasteiger charge is 2.31. The van der Waals surface area contributed by atoms with Crippen LogP contribution in [0, 0.1) is 11.8 Å². The molecule has 0 aromatic heterocycles. The summed E-state index contributed by atoms with van der Waals surface area (Å²) in [5, 5.41) is 15.4. The van der Waals surface area contributed by atoms with Gasteiger partial charge in [0.15, 0.2) is 6.04 Å². The van der Waals surface area contributed by atoms with E-state index in [1.807, 2.05) is 84.9 Å². The van der Waals surface area contributed by atoms with Crippen molar-refractivity contribution in [2.24, 2.45) is 11.8 Å². The smallest absolute Gasteiger partial charge is 0.332 e. The van der Waals surface area contributed by atoms with Crippen molar-refractivity contribution < 1.29 is 33.8 Å². The van der Waals surface area contributed by atoms with Gasteiger partial charge in [0.25, 0.3) is 0 Å². The van der Waals surface area contributed by atoms with E-state index in [1.165, 1.54) is 0 Å². The van der Waals surface area contributed by atoms with Crippen LogP contribution >= 0.6 is 0 Å². The maximum absolute atomic E-state index is 13.5. The zero-order valence-corrected chi connectivity index (χ0v) is 25.2. The van der Waals surface area contributed by atoms with E-state index < -0.39 is 54.3 Å². The van der Waals surface area contributed by atoms with Crippen molar-refractivity contribution in [2.45, 2.75) is 50.8 Å². The SMILES string of the molecule is O=C(C[C@H]1CC=CC[C@H](Cc2ccccc2)C(=O)OC[C@H](C(=O)OCc2ccccc2)NC1=O)N[C@H](CO)Cc1ccccc1. The molecular weight excluding hydrogens is 572 g/mol. The Morgan fingerprint density at radius 1 is 0.844 bits per heavy atom. The minimum atomic E-state index is -1.26. The molecule has 3 aromatic rings. The average Bonchev–Trinajstić information content (AvgIpc) is 3.06. The second-order valence-corrected chi connectivity index (χ2v) is 11.2. The first kappa shape index (κ1) is 33.1. The van der Waals surface area contributed by atoms with Crippen molar-refractivity contribution in [2.75, 3.05) is 13.2 Å². The number of esters is 2. The molecule has 1 heterocycles. The fourth-order valence-corrected chi connectivity index (χ4v) is 5.11. The standard InChI is InChI=1S/C36H40N2O7/c39-23-31(21-27-14-6-2-7-15-27)37-33(40)22-29-18-10-11-19-30(20-26-12-4-1-5-13-26)35(42)45-25-32(38-34(29)41)36(43)44-24-28-16-8-3-9-17-28/h1-17,29-32,39H,18-25H2,(H,37,40)(H,38,41)/t29-,30-,31+,32-/m1/s1. The molecular formula is C36H40N2O7. The normalized spacial score (nSPS) is 19.6. The number of rotatable bonds is 11. The Kier molecular flexibility index (Phi) is 12.9. The quantitative estimate of drug-likeness (QED) is 0.222. The van der Waals surface area contributed by atoms with Gasteiger partial charge in [-0.3, -0.25) is 14.4 Å². The maximum Gasteiger partial charge on any atom is 0.332 e. The minimum Gasteiger partial charge on any atom is -0.463 e. The van der Waals surface area contributed by atoms with Gasteiger partial charge in [0.05, 0.1) is 24.5 Å². The number of hydrogen-bond donors (Lipinski definition) is 3. The second kappa shape index (κ2) is 17.5. The van der Waals surface area contributed by atoms with Crippen molar-refractivity contribution in [3.05, 3.63) is 120 Å². The zero-order valence-electron chi connectivity index (χ0n) is 25.2. The van der Waals surface area contributed by atoms with Crippen molar-refractivity contribution in [3.8, 4) is 0 Å². The van der Waals surface area contributed by atoms with Crippen molar-refractivity contribution in [3.63, 3.8) is 0 Å². The van der Waals surface area contributed by atoms with Crippen LogP contribution in [0.3, 0.4) is 0 Å². The van der Waals surface area contributed by atoms with Gasteiger partial charge < -0.3 is 25.2 Å².